The van der Waals surface area contributed by atoms with Gasteiger partial charge in [-0.3, -0.25) is 0 Å². The van der Waals surface area contributed by atoms with Crippen molar-refractivity contribution in [2.45, 2.75) is 13.3 Å². The molecule has 2 aliphatic heterocycles. The Hall–Kier alpha value is -2.71. The van der Waals surface area contributed by atoms with Crippen molar-refractivity contribution in [2.24, 2.45) is 0 Å². The Morgan fingerprint density at radius 1 is 0.667 bits per heavy atom. The molecule has 3 aromatic heterocycles. The molecule has 5 heteroatoms. The van der Waals surface area contributed by atoms with Crippen LogP contribution in [-0.2, 0) is 27.5 Å². The van der Waals surface area contributed by atoms with Gasteiger partial charge in [0.15, 0.2) is 0 Å². The van der Waals surface area contributed by atoms with Crippen LogP contribution in [0.15, 0.2) is 42.5 Å². The minimum atomic E-state index is 0. The van der Waals surface area contributed by atoms with E-state index < -0.39 is 0 Å². The van der Waals surface area contributed by atoms with Crippen LogP contribution in [0.25, 0.3) is 46.4 Å². The average Bonchev–Trinajstić information content (AvgIpc) is 3.39. The third-order valence-corrected chi connectivity index (χ3v) is 4.64. The number of rotatable bonds is 1. The zero-order chi connectivity index (χ0) is 17.5. The molecule has 0 unspecified atom stereocenters. The summed E-state index contributed by atoms with van der Waals surface area (Å²) >= 11 is 0. The van der Waals surface area contributed by atoms with Gasteiger partial charge in [-0.15, -0.1) is 0 Å². The van der Waals surface area contributed by atoms with Crippen LogP contribution in [0.3, 0.4) is 0 Å². The first-order valence-corrected chi connectivity index (χ1v) is 8.82. The fourth-order valence-corrected chi connectivity index (χ4v) is 3.37. The van der Waals surface area contributed by atoms with E-state index in [4.69, 9.17) is 9.97 Å². The van der Waals surface area contributed by atoms with Gasteiger partial charge in [-0.1, -0.05) is 6.92 Å². The zero-order valence-electron chi connectivity index (χ0n) is 14.8. The molecule has 8 bridgehead atoms. The summed E-state index contributed by atoms with van der Waals surface area (Å²) in [5.74, 6) is 0. The molecule has 0 aliphatic carbocycles. The van der Waals surface area contributed by atoms with Crippen LogP contribution in [0.1, 0.15) is 35.3 Å². The number of fused-ring (bicyclic) bond motifs is 8. The quantitative estimate of drug-likeness (QED) is 0.311. The smallest absolute Gasteiger partial charge is 0.0658 e. The summed E-state index contributed by atoms with van der Waals surface area (Å²) in [4.78, 5) is 16.3. The number of H-pyrrole nitrogens is 2. The van der Waals surface area contributed by atoms with E-state index in [-0.39, 0.29) is 21.1 Å². The third kappa shape index (κ3) is 3.58. The number of aromatic nitrogens is 4. The van der Waals surface area contributed by atoms with E-state index in [0.29, 0.717) is 0 Å². The van der Waals surface area contributed by atoms with Gasteiger partial charge in [0.1, 0.15) is 0 Å². The summed E-state index contributed by atoms with van der Waals surface area (Å²) in [6.45, 7) is 2.17. The van der Waals surface area contributed by atoms with E-state index in [1.54, 1.807) is 0 Å². The van der Waals surface area contributed by atoms with Crippen molar-refractivity contribution in [3.8, 4) is 0 Å². The van der Waals surface area contributed by atoms with E-state index in [0.717, 1.165) is 51.3 Å². The summed E-state index contributed by atoms with van der Waals surface area (Å²) in [5.41, 5.74) is 9.30. The Balaban J connectivity index is 0.00000180. The number of aryl methyl sites for hydroxylation is 1. The monoisotopic (exact) mass is 533 g/mol. The number of nitrogens with one attached hydrogen (secondary N) is 2. The van der Waals surface area contributed by atoms with Crippen LogP contribution >= 0.6 is 0 Å². The van der Waals surface area contributed by atoms with Crippen molar-refractivity contribution in [1.82, 2.24) is 19.9 Å². The van der Waals surface area contributed by atoms with Gasteiger partial charge in [-0.2, -0.15) is 0 Å². The van der Waals surface area contributed by atoms with Crippen molar-refractivity contribution >= 4 is 46.4 Å². The maximum Gasteiger partial charge on any atom is 0.0658 e. The predicted octanol–water partition coefficient (Wildman–Crippen LogP) is 5.22. The standard InChI is InChI=1S/C22H18N4.Pt/c1-2-14-9-21-12-19-6-5-17(24-19)10-15-3-4-16(23-15)11-18-7-8-20(25-18)13-22(14)26-21;/h3-13,23,26H,2H2,1H3;. The number of nitrogens with zero attached hydrogens (tertiary/aromatic N) is 2. The molecular weight excluding hydrogens is 515 g/mol. The topological polar surface area (TPSA) is 57.4 Å². The molecule has 136 valence electrons. The maximum absolute atomic E-state index is 4.71. The van der Waals surface area contributed by atoms with E-state index in [1.807, 2.05) is 24.3 Å². The third-order valence-electron chi connectivity index (χ3n) is 4.64. The molecular formula is C22H18N4Pt. The Bertz CT molecular complexity index is 1230. The zero-order valence-corrected chi connectivity index (χ0v) is 17.0. The molecule has 0 saturated heterocycles. The second-order valence-electron chi connectivity index (χ2n) is 6.55. The van der Waals surface area contributed by atoms with E-state index >= 15 is 0 Å². The van der Waals surface area contributed by atoms with Crippen LogP contribution in [-0.4, -0.2) is 19.9 Å². The molecule has 0 aromatic carbocycles. The molecule has 0 saturated carbocycles. The molecule has 0 amide bonds. The minimum absolute atomic E-state index is 0. The second-order valence-corrected chi connectivity index (χ2v) is 6.55. The summed E-state index contributed by atoms with van der Waals surface area (Å²) in [7, 11) is 0. The SMILES string of the molecule is CCc1cc2cc3nc(cc4ccc(cc5nc(cc1[nH]2)C=C5)[nH]4)C=C3.[Pt]. The first-order chi connectivity index (χ1) is 12.7. The van der Waals surface area contributed by atoms with Gasteiger partial charge in [0.2, 0.25) is 0 Å². The van der Waals surface area contributed by atoms with Gasteiger partial charge in [0.05, 0.1) is 22.8 Å². The van der Waals surface area contributed by atoms with Crippen LogP contribution in [0, 0.1) is 0 Å². The minimum Gasteiger partial charge on any atom is -0.355 e. The molecule has 0 spiro atoms. The molecule has 0 radical (unpaired) electrons. The number of hydrogen-bond acceptors (Lipinski definition) is 2. The molecule has 5 rings (SSSR count). The molecule has 4 nitrogen and oxygen atoms in total. The van der Waals surface area contributed by atoms with Crippen LogP contribution in [0.5, 0.6) is 0 Å². The van der Waals surface area contributed by atoms with Gasteiger partial charge in [-0.05, 0) is 78.8 Å². The fourth-order valence-electron chi connectivity index (χ4n) is 3.37. The van der Waals surface area contributed by atoms with Gasteiger partial charge in [0, 0.05) is 43.1 Å². The Kier molecular flexibility index (Phi) is 4.67. The second kappa shape index (κ2) is 7.13. The predicted molar refractivity (Wildman–Crippen MR) is 108 cm³/mol. The van der Waals surface area contributed by atoms with Crippen molar-refractivity contribution in [3.63, 3.8) is 0 Å². The maximum atomic E-state index is 4.71. The van der Waals surface area contributed by atoms with E-state index in [9.17, 15) is 0 Å². The molecule has 3 aromatic rings. The molecule has 27 heavy (non-hydrogen) atoms. The van der Waals surface area contributed by atoms with E-state index in [1.165, 1.54) is 5.56 Å². The summed E-state index contributed by atoms with van der Waals surface area (Å²) in [6, 6.07) is 14.6. The summed E-state index contributed by atoms with van der Waals surface area (Å²) in [6.07, 6.45) is 9.14. The van der Waals surface area contributed by atoms with Gasteiger partial charge in [0.25, 0.3) is 0 Å². The first kappa shape index (κ1) is 17.7. The molecule has 2 N–H and O–H groups in total. The number of hydrogen-bond donors (Lipinski definition) is 2. The van der Waals surface area contributed by atoms with Crippen LogP contribution in [0.4, 0.5) is 0 Å². The molecule has 5 heterocycles. The van der Waals surface area contributed by atoms with Crippen LogP contribution in [0.2, 0.25) is 0 Å². The van der Waals surface area contributed by atoms with Crippen molar-refractivity contribution in [3.05, 3.63) is 70.8 Å². The molecule has 0 fully saturated rings. The van der Waals surface area contributed by atoms with Crippen molar-refractivity contribution < 1.29 is 21.1 Å². The van der Waals surface area contributed by atoms with Crippen LogP contribution < -0.4 is 0 Å². The summed E-state index contributed by atoms with van der Waals surface area (Å²) < 4.78 is 0. The average molecular weight is 533 g/mol. The van der Waals surface area contributed by atoms with Crippen molar-refractivity contribution in [1.29, 1.82) is 0 Å². The van der Waals surface area contributed by atoms with Gasteiger partial charge < -0.3 is 9.97 Å². The Morgan fingerprint density at radius 3 is 1.74 bits per heavy atom. The largest absolute Gasteiger partial charge is 0.355 e. The summed E-state index contributed by atoms with van der Waals surface area (Å²) in [5, 5.41) is 0. The number of aromatic amines is 2. The van der Waals surface area contributed by atoms with E-state index in [2.05, 4.69) is 59.4 Å². The normalized spacial score (nSPS) is 12.2. The molecule has 0 atom stereocenters. The van der Waals surface area contributed by atoms with Gasteiger partial charge in [-0.25, -0.2) is 9.97 Å². The first-order valence-electron chi connectivity index (χ1n) is 8.82. The Labute approximate surface area is 171 Å². The molecule has 2 aliphatic rings. The Morgan fingerprint density at radius 2 is 1.19 bits per heavy atom. The van der Waals surface area contributed by atoms with Gasteiger partial charge >= 0.3 is 0 Å². The van der Waals surface area contributed by atoms with Crippen molar-refractivity contribution in [2.75, 3.05) is 0 Å². The fraction of sp³-hybridized carbons (Fsp3) is 0.0909.